The molecule has 142 valence electrons. The Morgan fingerprint density at radius 1 is 1.19 bits per heavy atom. The van der Waals surface area contributed by atoms with E-state index in [0.29, 0.717) is 18.0 Å². The molecule has 0 spiro atoms. The number of nitrogens with zero attached hydrogens (tertiary/aromatic N) is 3. The zero-order chi connectivity index (χ0) is 18.3. The summed E-state index contributed by atoms with van der Waals surface area (Å²) in [7, 11) is 0. The van der Waals surface area contributed by atoms with E-state index < -0.39 is 0 Å². The van der Waals surface area contributed by atoms with Crippen LogP contribution in [0.2, 0.25) is 0 Å². The minimum Gasteiger partial charge on any atom is -0.377 e. The molecule has 0 aromatic heterocycles. The van der Waals surface area contributed by atoms with E-state index in [2.05, 4.69) is 23.6 Å². The minimum absolute atomic E-state index is 0.0612. The van der Waals surface area contributed by atoms with Gasteiger partial charge in [-0.1, -0.05) is 13.8 Å². The second-order valence-corrected chi connectivity index (χ2v) is 8.30. The van der Waals surface area contributed by atoms with Gasteiger partial charge in [0, 0.05) is 49.8 Å². The van der Waals surface area contributed by atoms with Gasteiger partial charge in [0.2, 0.25) is 0 Å². The summed E-state index contributed by atoms with van der Waals surface area (Å²) in [4.78, 5) is 9.36. The predicted molar refractivity (Wildman–Crippen MR) is 102 cm³/mol. The van der Waals surface area contributed by atoms with E-state index in [1.165, 1.54) is 18.6 Å². The molecule has 3 fully saturated rings. The van der Waals surface area contributed by atoms with Crippen molar-refractivity contribution in [2.45, 2.75) is 38.8 Å². The maximum Gasteiger partial charge on any atom is 0.191 e. The third kappa shape index (κ3) is 3.04. The molecular formula is C20H29FN4O. The maximum absolute atomic E-state index is 13.1. The van der Waals surface area contributed by atoms with Gasteiger partial charge >= 0.3 is 0 Å². The van der Waals surface area contributed by atoms with Gasteiger partial charge in [0.15, 0.2) is 5.96 Å². The second kappa shape index (κ2) is 6.72. The number of anilines is 1. The fraction of sp³-hybridized carbons (Fsp3) is 0.650. The highest BCUT2D eigenvalue weighted by Gasteiger charge is 2.58. The van der Waals surface area contributed by atoms with Crippen LogP contribution in [0.1, 0.15) is 26.7 Å². The Bertz CT molecular complexity index is 667. The van der Waals surface area contributed by atoms with Crippen LogP contribution in [0, 0.1) is 17.2 Å². The Kier molecular flexibility index (Phi) is 4.55. The topological polar surface area (TPSA) is 54.1 Å². The zero-order valence-corrected chi connectivity index (χ0v) is 15.7. The standard InChI is InChI=1S/C20H29FN4O/c1-20(2)17(16-4-3-13-26-18(16)20)23-19(22)25-11-9-24(10-12-25)15-7-5-14(21)6-8-15/h5-8,16-18H,3-4,9-13H2,1-2H3,(H2,22,23). The number of nitrogens with two attached hydrogens (primary N) is 1. The van der Waals surface area contributed by atoms with Crippen LogP contribution in [0.4, 0.5) is 10.1 Å². The van der Waals surface area contributed by atoms with Crippen molar-refractivity contribution in [2.24, 2.45) is 22.1 Å². The molecule has 2 heterocycles. The van der Waals surface area contributed by atoms with Crippen LogP contribution in [-0.4, -0.2) is 55.8 Å². The van der Waals surface area contributed by atoms with Crippen LogP contribution in [-0.2, 0) is 4.74 Å². The first-order chi connectivity index (χ1) is 12.5. The van der Waals surface area contributed by atoms with Crippen molar-refractivity contribution in [2.75, 3.05) is 37.7 Å². The molecule has 1 aromatic carbocycles. The van der Waals surface area contributed by atoms with E-state index in [9.17, 15) is 4.39 Å². The van der Waals surface area contributed by atoms with E-state index >= 15 is 0 Å². The van der Waals surface area contributed by atoms with Gasteiger partial charge in [-0.25, -0.2) is 9.38 Å². The molecule has 1 aliphatic carbocycles. The number of fused-ring (bicyclic) bond motifs is 1. The number of rotatable bonds is 2. The lowest BCUT2D eigenvalue weighted by atomic mass is 9.55. The minimum atomic E-state index is -0.197. The molecule has 2 saturated heterocycles. The molecule has 5 nitrogen and oxygen atoms in total. The lowest BCUT2D eigenvalue weighted by Gasteiger charge is -2.58. The van der Waals surface area contributed by atoms with Crippen molar-refractivity contribution >= 4 is 11.6 Å². The van der Waals surface area contributed by atoms with E-state index in [4.69, 9.17) is 15.5 Å². The normalized spacial score (nSPS) is 31.3. The third-order valence-corrected chi connectivity index (χ3v) is 6.34. The van der Waals surface area contributed by atoms with E-state index in [0.717, 1.165) is 44.9 Å². The predicted octanol–water partition coefficient (Wildman–Crippen LogP) is 2.47. The molecule has 0 amide bonds. The van der Waals surface area contributed by atoms with Gasteiger partial charge in [0.1, 0.15) is 5.82 Å². The molecule has 1 saturated carbocycles. The van der Waals surface area contributed by atoms with Crippen molar-refractivity contribution in [1.82, 2.24) is 4.90 Å². The highest BCUT2D eigenvalue weighted by atomic mass is 19.1. The maximum atomic E-state index is 13.1. The van der Waals surface area contributed by atoms with E-state index in [1.54, 1.807) is 0 Å². The summed E-state index contributed by atoms with van der Waals surface area (Å²) in [6.07, 6.45) is 2.64. The smallest absolute Gasteiger partial charge is 0.191 e. The summed E-state index contributed by atoms with van der Waals surface area (Å²) in [5, 5.41) is 0. The van der Waals surface area contributed by atoms with Crippen LogP contribution >= 0.6 is 0 Å². The summed E-state index contributed by atoms with van der Waals surface area (Å²) in [6.45, 7) is 8.77. The molecule has 6 heteroatoms. The quantitative estimate of drug-likeness (QED) is 0.650. The molecule has 1 aromatic rings. The molecule has 3 aliphatic rings. The number of hydrogen-bond donors (Lipinski definition) is 1. The Balaban J connectivity index is 1.38. The lowest BCUT2D eigenvalue weighted by Crippen LogP contribution is -2.64. The Labute approximate surface area is 155 Å². The van der Waals surface area contributed by atoms with Crippen LogP contribution < -0.4 is 10.6 Å². The highest BCUT2D eigenvalue weighted by Crippen LogP contribution is 2.53. The molecule has 2 N–H and O–H groups in total. The fourth-order valence-corrected chi connectivity index (χ4v) is 4.83. The van der Waals surface area contributed by atoms with Crippen LogP contribution in [0.3, 0.4) is 0 Å². The first-order valence-corrected chi connectivity index (χ1v) is 9.67. The van der Waals surface area contributed by atoms with Gasteiger partial charge in [0.05, 0.1) is 12.1 Å². The first-order valence-electron chi connectivity index (χ1n) is 9.67. The van der Waals surface area contributed by atoms with Gasteiger partial charge in [-0.15, -0.1) is 0 Å². The Hall–Kier alpha value is -1.82. The highest BCUT2D eigenvalue weighted by molar-refractivity contribution is 5.78. The molecule has 0 radical (unpaired) electrons. The number of aliphatic imine (C=N–C) groups is 1. The van der Waals surface area contributed by atoms with Crippen LogP contribution in [0.5, 0.6) is 0 Å². The largest absolute Gasteiger partial charge is 0.377 e. The SMILES string of the molecule is CC1(C)C(N=C(N)N2CCN(c3ccc(F)cc3)CC2)C2CCCOC21. The number of benzene rings is 1. The molecule has 3 atom stereocenters. The van der Waals surface area contributed by atoms with Crippen molar-refractivity contribution < 1.29 is 9.13 Å². The third-order valence-electron chi connectivity index (χ3n) is 6.34. The number of piperazine rings is 1. The molecule has 4 rings (SSSR count). The average Bonchev–Trinajstić information content (AvgIpc) is 2.66. The molecule has 0 bridgehead atoms. The number of guanidine groups is 1. The Morgan fingerprint density at radius 2 is 1.88 bits per heavy atom. The van der Waals surface area contributed by atoms with Crippen molar-refractivity contribution in [1.29, 1.82) is 0 Å². The van der Waals surface area contributed by atoms with Gasteiger partial charge in [-0.05, 0) is 37.1 Å². The molecule has 3 unspecified atom stereocenters. The lowest BCUT2D eigenvalue weighted by molar-refractivity contribution is -0.182. The van der Waals surface area contributed by atoms with Gasteiger partial charge in [-0.2, -0.15) is 0 Å². The zero-order valence-electron chi connectivity index (χ0n) is 15.7. The first kappa shape index (κ1) is 17.6. The van der Waals surface area contributed by atoms with Crippen molar-refractivity contribution in [3.05, 3.63) is 30.1 Å². The number of halogens is 1. The van der Waals surface area contributed by atoms with Gasteiger partial charge in [-0.3, -0.25) is 0 Å². The van der Waals surface area contributed by atoms with E-state index in [-0.39, 0.29) is 17.3 Å². The van der Waals surface area contributed by atoms with Gasteiger partial charge in [0.25, 0.3) is 0 Å². The summed E-state index contributed by atoms with van der Waals surface area (Å²) in [6, 6.07) is 6.95. The average molecular weight is 360 g/mol. The second-order valence-electron chi connectivity index (χ2n) is 8.30. The summed E-state index contributed by atoms with van der Waals surface area (Å²) in [5.41, 5.74) is 7.49. The molecular weight excluding hydrogens is 331 g/mol. The van der Waals surface area contributed by atoms with E-state index in [1.807, 2.05) is 12.1 Å². The van der Waals surface area contributed by atoms with Crippen LogP contribution in [0.25, 0.3) is 0 Å². The Morgan fingerprint density at radius 3 is 2.58 bits per heavy atom. The summed E-state index contributed by atoms with van der Waals surface area (Å²) < 4.78 is 19.1. The summed E-state index contributed by atoms with van der Waals surface area (Å²) in [5.74, 6) is 0.973. The van der Waals surface area contributed by atoms with Gasteiger partial charge < -0.3 is 20.3 Å². The monoisotopic (exact) mass is 360 g/mol. The van der Waals surface area contributed by atoms with Crippen molar-refractivity contribution in [3.8, 4) is 0 Å². The summed E-state index contributed by atoms with van der Waals surface area (Å²) >= 11 is 0. The molecule has 2 aliphatic heterocycles. The number of ether oxygens (including phenoxy) is 1. The molecule has 26 heavy (non-hydrogen) atoms. The fourth-order valence-electron chi connectivity index (χ4n) is 4.83. The number of hydrogen-bond acceptors (Lipinski definition) is 3. The van der Waals surface area contributed by atoms with Crippen LogP contribution in [0.15, 0.2) is 29.3 Å². The van der Waals surface area contributed by atoms with Crippen molar-refractivity contribution in [3.63, 3.8) is 0 Å².